The van der Waals surface area contributed by atoms with Gasteiger partial charge in [-0.2, -0.15) is 0 Å². The predicted molar refractivity (Wildman–Crippen MR) is 148 cm³/mol. The van der Waals surface area contributed by atoms with Crippen LogP contribution in [0.2, 0.25) is 0 Å². The summed E-state index contributed by atoms with van der Waals surface area (Å²) in [7, 11) is 0. The van der Waals surface area contributed by atoms with Crippen molar-refractivity contribution < 1.29 is 48.1 Å². The Morgan fingerprint density at radius 2 is 1.33 bits per heavy atom. The van der Waals surface area contributed by atoms with E-state index in [0.29, 0.717) is 37.5 Å². The SMILES string of the molecule is CCCC[C@]1(C[C@@H]2C(=O)O[C@@H]3O[C@@]4(C)CC[C@H]5[C@H](C)CC[C@@H]2[C@@]35OO4)C(=O)O[C@@H]2O[C@@]3(C)CC[C@H]4[C@H](C)CC[C@@H]1[C@@]24OO3. The van der Waals surface area contributed by atoms with Crippen LogP contribution in [0.15, 0.2) is 0 Å². The van der Waals surface area contributed by atoms with E-state index < -0.39 is 46.7 Å². The van der Waals surface area contributed by atoms with Gasteiger partial charge in [0.2, 0.25) is 24.2 Å². The molecule has 0 radical (unpaired) electrons. The zero-order valence-corrected chi connectivity index (χ0v) is 26.3. The Balaban J connectivity index is 1.22. The topological polar surface area (TPSA) is 108 Å². The van der Waals surface area contributed by atoms with E-state index in [0.717, 1.165) is 51.4 Å². The summed E-state index contributed by atoms with van der Waals surface area (Å²) in [6, 6.07) is 0. The maximum Gasteiger partial charge on any atom is 0.314 e. The molecule has 2 aliphatic carbocycles. The zero-order valence-electron chi connectivity index (χ0n) is 26.3. The first-order valence-electron chi connectivity index (χ1n) is 17.0. The minimum Gasteiger partial charge on any atom is -0.432 e. The molecule has 0 aromatic carbocycles. The van der Waals surface area contributed by atoms with Gasteiger partial charge in [-0.15, -0.1) is 0 Å². The molecule has 0 N–H and O–H groups in total. The molecule has 43 heavy (non-hydrogen) atoms. The average Bonchev–Trinajstić information content (AvgIpc) is 3.34. The summed E-state index contributed by atoms with van der Waals surface area (Å²) in [5.74, 6) is -2.56. The fourth-order valence-corrected chi connectivity index (χ4v) is 11.1. The molecule has 10 rings (SSSR count). The predicted octanol–water partition coefficient (Wildman–Crippen LogP) is 5.71. The standard InChI is InChI=1S/C33H48O10/c1-6-7-14-31(24-11-9-19(3)22-13-16-30(5)39-28(37-26(31)35)33(22,24)43-41-30)17-20-23-10-8-18(2)21-12-15-29(4)38-27(36-25(20)34)32(21,23)42-40-29/h18-24,27-28H,6-17H2,1-5H3/t18-,19-,20+,21+,22+,23+,24+,27-,28-,29-,30-,31-,32-,33-/m1/s1. The largest absolute Gasteiger partial charge is 0.432 e. The molecule has 8 aliphatic heterocycles. The van der Waals surface area contributed by atoms with E-state index >= 15 is 0 Å². The van der Waals surface area contributed by atoms with Crippen molar-refractivity contribution in [1.82, 2.24) is 0 Å². The monoisotopic (exact) mass is 604 g/mol. The van der Waals surface area contributed by atoms with Gasteiger partial charge in [0, 0.05) is 36.5 Å². The van der Waals surface area contributed by atoms with Crippen molar-refractivity contribution in [1.29, 1.82) is 0 Å². The second-order valence-corrected chi connectivity index (χ2v) is 15.7. The van der Waals surface area contributed by atoms with Gasteiger partial charge in [-0.1, -0.05) is 33.6 Å². The molecule has 10 aliphatic rings. The van der Waals surface area contributed by atoms with Gasteiger partial charge in [0.05, 0.1) is 11.3 Å². The van der Waals surface area contributed by atoms with Crippen LogP contribution in [0, 0.1) is 46.8 Å². The first kappa shape index (κ1) is 29.1. The van der Waals surface area contributed by atoms with Crippen LogP contribution < -0.4 is 0 Å². The fourth-order valence-electron chi connectivity index (χ4n) is 11.1. The van der Waals surface area contributed by atoms with E-state index in [4.69, 9.17) is 38.5 Å². The number of hydrogen-bond acceptors (Lipinski definition) is 10. The molecule has 0 amide bonds. The minimum absolute atomic E-state index is 0.110. The number of carbonyl (C=O) groups excluding carboxylic acids is 2. The molecular formula is C33H48O10. The van der Waals surface area contributed by atoms with Gasteiger partial charge in [0.25, 0.3) is 0 Å². The van der Waals surface area contributed by atoms with Crippen LogP contribution in [0.5, 0.6) is 0 Å². The van der Waals surface area contributed by atoms with Crippen LogP contribution in [0.1, 0.15) is 112 Å². The lowest BCUT2D eigenvalue weighted by atomic mass is 9.49. The fraction of sp³-hybridized carbons (Fsp3) is 0.939. The van der Waals surface area contributed by atoms with E-state index in [-0.39, 0.29) is 35.6 Å². The number of rotatable bonds is 5. The molecule has 10 fully saturated rings. The highest BCUT2D eigenvalue weighted by Gasteiger charge is 2.76. The van der Waals surface area contributed by atoms with Crippen LogP contribution in [0.25, 0.3) is 0 Å². The van der Waals surface area contributed by atoms with Crippen molar-refractivity contribution in [3.8, 4) is 0 Å². The summed E-state index contributed by atoms with van der Waals surface area (Å²) in [4.78, 5) is 53.6. The minimum atomic E-state index is -0.961. The molecule has 0 unspecified atom stereocenters. The third-order valence-corrected chi connectivity index (χ3v) is 13.4. The van der Waals surface area contributed by atoms with Gasteiger partial charge in [-0.25, -0.2) is 19.6 Å². The Morgan fingerprint density at radius 1 is 0.721 bits per heavy atom. The maximum atomic E-state index is 14.6. The maximum absolute atomic E-state index is 14.6. The van der Waals surface area contributed by atoms with E-state index in [2.05, 4.69) is 20.8 Å². The number of carbonyl (C=O) groups is 2. The third kappa shape index (κ3) is 3.80. The third-order valence-electron chi connectivity index (χ3n) is 13.4. The quantitative estimate of drug-likeness (QED) is 0.286. The second-order valence-electron chi connectivity index (χ2n) is 15.7. The molecule has 8 saturated heterocycles. The lowest BCUT2D eigenvalue weighted by Crippen LogP contribution is -2.74. The van der Waals surface area contributed by atoms with Crippen LogP contribution in [-0.2, 0) is 48.1 Å². The smallest absolute Gasteiger partial charge is 0.314 e. The van der Waals surface area contributed by atoms with Crippen molar-refractivity contribution >= 4 is 11.9 Å². The molecule has 10 nitrogen and oxygen atoms in total. The van der Waals surface area contributed by atoms with Gasteiger partial charge in [-0.05, 0) is 77.0 Å². The highest BCUT2D eigenvalue weighted by atomic mass is 17.3. The number of hydrogen-bond donors (Lipinski definition) is 0. The highest BCUT2D eigenvalue weighted by molar-refractivity contribution is 5.81. The molecule has 0 aromatic rings. The molecule has 0 aromatic heterocycles. The van der Waals surface area contributed by atoms with Gasteiger partial charge >= 0.3 is 11.9 Å². The Labute approximate surface area is 253 Å². The highest BCUT2D eigenvalue weighted by Crippen LogP contribution is 2.67. The molecule has 10 heteroatoms. The van der Waals surface area contributed by atoms with E-state index in [1.54, 1.807) is 0 Å². The number of esters is 2. The number of ether oxygens (including phenoxy) is 4. The lowest BCUT2D eigenvalue weighted by Gasteiger charge is -2.63. The van der Waals surface area contributed by atoms with Crippen molar-refractivity contribution in [2.75, 3.05) is 0 Å². The summed E-state index contributed by atoms with van der Waals surface area (Å²) in [6.45, 7) is 10.4. The van der Waals surface area contributed by atoms with Gasteiger partial charge in [-0.3, -0.25) is 9.59 Å². The molecular weight excluding hydrogens is 556 g/mol. The second kappa shape index (κ2) is 9.61. The van der Waals surface area contributed by atoms with Crippen LogP contribution in [0.4, 0.5) is 0 Å². The van der Waals surface area contributed by atoms with Gasteiger partial charge < -0.3 is 18.9 Å². The first-order valence-corrected chi connectivity index (χ1v) is 17.0. The Hall–Kier alpha value is -1.30. The zero-order chi connectivity index (χ0) is 30.0. The molecule has 4 bridgehead atoms. The lowest BCUT2D eigenvalue weighted by molar-refractivity contribution is -0.564. The summed E-state index contributed by atoms with van der Waals surface area (Å²) in [5.41, 5.74) is -2.79. The molecule has 14 atom stereocenters. The van der Waals surface area contributed by atoms with Crippen LogP contribution in [0.3, 0.4) is 0 Å². The molecule has 8 heterocycles. The summed E-state index contributed by atoms with van der Waals surface area (Å²) >= 11 is 0. The van der Waals surface area contributed by atoms with Crippen LogP contribution >= 0.6 is 0 Å². The van der Waals surface area contributed by atoms with Gasteiger partial charge in [0.1, 0.15) is 0 Å². The van der Waals surface area contributed by atoms with Crippen LogP contribution in [-0.4, -0.2) is 47.3 Å². The Morgan fingerprint density at radius 3 is 2.00 bits per heavy atom. The number of fused-ring (bicyclic) bond motifs is 4. The summed E-state index contributed by atoms with van der Waals surface area (Å²) in [6.07, 6.45) is 7.55. The Kier molecular flexibility index (Phi) is 6.51. The van der Waals surface area contributed by atoms with E-state index in [1.807, 2.05) is 13.8 Å². The first-order chi connectivity index (χ1) is 20.5. The molecule has 2 saturated carbocycles. The Bertz CT molecular complexity index is 1180. The van der Waals surface area contributed by atoms with Crippen molar-refractivity contribution in [2.45, 2.75) is 147 Å². The van der Waals surface area contributed by atoms with Crippen molar-refractivity contribution in [2.24, 2.45) is 46.8 Å². The normalized spacial score (nSPS) is 56.7. The number of unbranched alkanes of at least 4 members (excludes halogenated alkanes) is 1. The molecule has 2 spiro atoms. The summed E-state index contributed by atoms with van der Waals surface area (Å²) < 4.78 is 25.4. The van der Waals surface area contributed by atoms with E-state index in [1.165, 1.54) is 0 Å². The van der Waals surface area contributed by atoms with E-state index in [9.17, 15) is 9.59 Å². The molecule has 240 valence electrons. The van der Waals surface area contributed by atoms with Crippen molar-refractivity contribution in [3.63, 3.8) is 0 Å². The average molecular weight is 605 g/mol. The van der Waals surface area contributed by atoms with Gasteiger partial charge in [0.15, 0.2) is 11.2 Å². The summed E-state index contributed by atoms with van der Waals surface area (Å²) in [5, 5.41) is 0. The van der Waals surface area contributed by atoms with Crippen molar-refractivity contribution in [3.05, 3.63) is 0 Å².